The number of hydrogen-bond acceptors (Lipinski definition) is 3. The molecule has 128 valence electrons. The average Bonchev–Trinajstić information content (AvgIpc) is 2.94. The molecule has 1 N–H and O–H groups in total. The largest absolute Gasteiger partial charge is 0.348 e. The number of halogens is 1. The van der Waals surface area contributed by atoms with Crippen LogP contribution >= 0.6 is 15.9 Å². The van der Waals surface area contributed by atoms with Crippen molar-refractivity contribution in [2.24, 2.45) is 5.92 Å². The maximum absolute atomic E-state index is 12.5. The van der Waals surface area contributed by atoms with Crippen LogP contribution in [-0.4, -0.2) is 26.9 Å². The molecule has 24 heavy (non-hydrogen) atoms. The van der Waals surface area contributed by atoms with Crippen molar-refractivity contribution in [1.29, 1.82) is 0 Å². The highest BCUT2D eigenvalue weighted by Crippen LogP contribution is 2.24. The van der Waals surface area contributed by atoms with Crippen LogP contribution < -0.4 is 5.32 Å². The topological polar surface area (TPSA) is 59.8 Å². The predicted molar refractivity (Wildman–Crippen MR) is 97.4 cm³/mol. The highest BCUT2D eigenvalue weighted by atomic mass is 79.9. The molecule has 2 aromatic rings. The third kappa shape index (κ3) is 3.53. The van der Waals surface area contributed by atoms with Crippen LogP contribution in [0, 0.1) is 19.8 Å². The third-order valence-electron chi connectivity index (χ3n) is 4.85. The van der Waals surface area contributed by atoms with Crippen molar-refractivity contribution in [2.75, 3.05) is 0 Å². The van der Waals surface area contributed by atoms with E-state index in [2.05, 4.69) is 38.5 Å². The molecule has 1 aliphatic carbocycles. The quantitative estimate of drug-likeness (QED) is 0.862. The number of amides is 1. The van der Waals surface area contributed by atoms with Crippen molar-refractivity contribution in [3.63, 3.8) is 0 Å². The van der Waals surface area contributed by atoms with Crippen LogP contribution in [0.25, 0.3) is 5.69 Å². The first-order chi connectivity index (χ1) is 11.5. The zero-order chi connectivity index (χ0) is 17.3. The maximum Gasteiger partial charge on any atom is 0.273 e. The average molecular weight is 391 g/mol. The molecule has 0 atom stereocenters. The van der Waals surface area contributed by atoms with Crippen molar-refractivity contribution >= 4 is 21.8 Å². The standard InChI is InChI=1S/C18H23BrN4O/c1-11-4-6-14(7-5-11)20-18(24)17-13(3)23(22-21-17)15-8-9-16(19)12(2)10-15/h8-11,14H,4-7H2,1-3H3,(H,20,24). The Morgan fingerprint density at radius 3 is 2.62 bits per heavy atom. The lowest BCUT2D eigenvalue weighted by Gasteiger charge is -2.26. The van der Waals surface area contributed by atoms with Crippen molar-refractivity contribution in [3.8, 4) is 5.69 Å². The number of aryl methyl sites for hydroxylation is 1. The van der Waals surface area contributed by atoms with E-state index in [0.717, 1.165) is 40.2 Å². The second-order valence-electron chi connectivity index (χ2n) is 6.80. The van der Waals surface area contributed by atoms with Gasteiger partial charge in [-0.1, -0.05) is 28.1 Å². The summed E-state index contributed by atoms with van der Waals surface area (Å²) in [7, 11) is 0. The van der Waals surface area contributed by atoms with E-state index in [0.29, 0.717) is 5.69 Å². The van der Waals surface area contributed by atoms with Crippen LogP contribution in [0.1, 0.15) is 54.4 Å². The number of rotatable bonds is 3. The maximum atomic E-state index is 12.5. The van der Waals surface area contributed by atoms with Crippen molar-refractivity contribution in [3.05, 3.63) is 39.6 Å². The second-order valence-corrected chi connectivity index (χ2v) is 7.65. The molecule has 0 bridgehead atoms. The van der Waals surface area contributed by atoms with E-state index < -0.39 is 0 Å². The van der Waals surface area contributed by atoms with Crippen LogP contribution in [0.4, 0.5) is 0 Å². The van der Waals surface area contributed by atoms with E-state index in [1.807, 2.05) is 32.0 Å². The van der Waals surface area contributed by atoms with Gasteiger partial charge in [0.25, 0.3) is 5.91 Å². The molecule has 0 unspecified atom stereocenters. The van der Waals surface area contributed by atoms with E-state index in [4.69, 9.17) is 0 Å². The molecule has 0 radical (unpaired) electrons. The van der Waals surface area contributed by atoms with E-state index in [-0.39, 0.29) is 11.9 Å². The first-order valence-corrected chi connectivity index (χ1v) is 9.24. The molecule has 5 nitrogen and oxygen atoms in total. The molecule has 0 spiro atoms. The minimum absolute atomic E-state index is 0.118. The number of benzene rings is 1. The van der Waals surface area contributed by atoms with Crippen LogP contribution in [0.5, 0.6) is 0 Å². The molecule has 1 aliphatic rings. The van der Waals surface area contributed by atoms with Gasteiger partial charge in [-0.3, -0.25) is 4.79 Å². The van der Waals surface area contributed by atoms with Crippen LogP contribution in [0.3, 0.4) is 0 Å². The molecule has 1 amide bonds. The van der Waals surface area contributed by atoms with Crippen LogP contribution in [-0.2, 0) is 0 Å². The predicted octanol–water partition coefficient (Wildman–Crippen LogP) is 3.96. The monoisotopic (exact) mass is 390 g/mol. The van der Waals surface area contributed by atoms with E-state index in [1.54, 1.807) is 4.68 Å². The van der Waals surface area contributed by atoms with Crippen molar-refractivity contribution < 1.29 is 4.79 Å². The number of nitrogens with zero attached hydrogens (tertiary/aromatic N) is 3. The summed E-state index contributed by atoms with van der Waals surface area (Å²) in [6.45, 7) is 6.18. The molecular formula is C18H23BrN4O. The number of carbonyl (C=O) groups is 1. The van der Waals surface area contributed by atoms with E-state index in [1.165, 1.54) is 12.8 Å². The molecule has 1 aromatic heterocycles. The van der Waals surface area contributed by atoms with Crippen molar-refractivity contribution in [1.82, 2.24) is 20.3 Å². The van der Waals surface area contributed by atoms with Gasteiger partial charge in [-0.15, -0.1) is 5.10 Å². The number of carbonyl (C=O) groups excluding carboxylic acids is 1. The Balaban J connectivity index is 1.76. The van der Waals surface area contributed by atoms with Gasteiger partial charge < -0.3 is 5.32 Å². The van der Waals surface area contributed by atoms with Crippen LogP contribution in [0.2, 0.25) is 0 Å². The number of nitrogens with one attached hydrogen (secondary N) is 1. The van der Waals surface area contributed by atoms with E-state index >= 15 is 0 Å². The summed E-state index contributed by atoms with van der Waals surface area (Å²) in [6.07, 6.45) is 4.45. The van der Waals surface area contributed by atoms with Gasteiger partial charge in [0.1, 0.15) is 0 Å². The van der Waals surface area contributed by atoms with Gasteiger partial charge in [-0.2, -0.15) is 0 Å². The van der Waals surface area contributed by atoms with Crippen LogP contribution in [0.15, 0.2) is 22.7 Å². The van der Waals surface area contributed by atoms with Gasteiger partial charge in [-0.25, -0.2) is 4.68 Å². The normalized spacial score (nSPS) is 20.8. The van der Waals surface area contributed by atoms with Gasteiger partial charge in [0.2, 0.25) is 0 Å². The molecule has 0 saturated heterocycles. The van der Waals surface area contributed by atoms with Gasteiger partial charge >= 0.3 is 0 Å². The molecule has 1 saturated carbocycles. The summed E-state index contributed by atoms with van der Waals surface area (Å²) in [5.74, 6) is 0.647. The molecule has 1 aromatic carbocycles. The Morgan fingerprint density at radius 1 is 1.25 bits per heavy atom. The van der Waals surface area contributed by atoms with Gasteiger partial charge in [0.05, 0.1) is 11.4 Å². The Bertz CT molecular complexity index is 747. The van der Waals surface area contributed by atoms with E-state index in [9.17, 15) is 4.79 Å². The zero-order valence-electron chi connectivity index (χ0n) is 14.3. The summed E-state index contributed by atoms with van der Waals surface area (Å²) in [5, 5.41) is 11.4. The second kappa shape index (κ2) is 7.05. The fourth-order valence-corrected chi connectivity index (χ4v) is 3.45. The first kappa shape index (κ1) is 17.1. The zero-order valence-corrected chi connectivity index (χ0v) is 15.9. The summed E-state index contributed by atoms with van der Waals surface area (Å²) in [4.78, 5) is 12.5. The summed E-state index contributed by atoms with van der Waals surface area (Å²) >= 11 is 3.50. The molecular weight excluding hydrogens is 368 g/mol. The van der Waals surface area contributed by atoms with Gasteiger partial charge in [-0.05, 0) is 69.2 Å². The number of hydrogen-bond donors (Lipinski definition) is 1. The molecule has 1 heterocycles. The molecule has 6 heteroatoms. The van der Waals surface area contributed by atoms with Crippen molar-refractivity contribution in [2.45, 2.75) is 52.5 Å². The Labute approximate surface area is 151 Å². The lowest BCUT2D eigenvalue weighted by atomic mass is 9.87. The summed E-state index contributed by atoms with van der Waals surface area (Å²) < 4.78 is 2.77. The Morgan fingerprint density at radius 2 is 1.96 bits per heavy atom. The Kier molecular flexibility index (Phi) is 5.04. The number of aromatic nitrogens is 3. The lowest BCUT2D eigenvalue weighted by Crippen LogP contribution is -2.37. The smallest absolute Gasteiger partial charge is 0.273 e. The van der Waals surface area contributed by atoms with Gasteiger partial charge in [0.15, 0.2) is 5.69 Å². The molecule has 1 fully saturated rings. The lowest BCUT2D eigenvalue weighted by molar-refractivity contribution is 0.0917. The minimum atomic E-state index is -0.118. The molecule has 0 aliphatic heterocycles. The third-order valence-corrected chi connectivity index (χ3v) is 5.74. The van der Waals surface area contributed by atoms with Gasteiger partial charge in [0, 0.05) is 10.5 Å². The summed E-state index contributed by atoms with van der Waals surface area (Å²) in [5.41, 5.74) is 3.20. The Hall–Kier alpha value is -1.69. The summed E-state index contributed by atoms with van der Waals surface area (Å²) in [6, 6.07) is 6.22. The minimum Gasteiger partial charge on any atom is -0.348 e. The molecule has 3 rings (SSSR count). The SMILES string of the molecule is Cc1cc(-n2nnc(C(=O)NC3CCC(C)CC3)c2C)ccc1Br. The first-order valence-electron chi connectivity index (χ1n) is 8.45. The highest BCUT2D eigenvalue weighted by Gasteiger charge is 2.23. The fraction of sp³-hybridized carbons (Fsp3) is 0.500. The fourth-order valence-electron chi connectivity index (χ4n) is 3.20. The highest BCUT2D eigenvalue weighted by molar-refractivity contribution is 9.10.